The van der Waals surface area contributed by atoms with Crippen molar-refractivity contribution < 1.29 is 23.1 Å². The van der Waals surface area contributed by atoms with Gasteiger partial charge in [0, 0.05) is 48.9 Å². The van der Waals surface area contributed by atoms with Crippen molar-refractivity contribution >= 4 is 23.0 Å². The van der Waals surface area contributed by atoms with Crippen molar-refractivity contribution in [2.24, 2.45) is 0 Å². The van der Waals surface area contributed by atoms with Crippen LogP contribution in [0.4, 0.5) is 18.9 Å². The molecule has 33 heavy (non-hydrogen) atoms. The van der Waals surface area contributed by atoms with Gasteiger partial charge in [-0.05, 0) is 12.5 Å². The number of hydrogen-bond acceptors (Lipinski definition) is 7. The standard InChI is InChI=1S/C19H21N5OS.C2HF3O2/c1-14-4-2-3-5-17(14)19-21-12-16(26-19)13-24-18(25)10-15(11-22-24)23-8-6-20-7-9-23;3-2(4,5)1(6)7/h2-5,10-12,20H,6-9,13H2,1H3;(H,6,7). The molecule has 0 saturated carbocycles. The number of halogens is 3. The topological polar surface area (TPSA) is 100 Å². The quantitative estimate of drug-likeness (QED) is 0.591. The van der Waals surface area contributed by atoms with Crippen LogP contribution < -0.4 is 15.8 Å². The predicted octanol–water partition coefficient (Wildman–Crippen LogP) is 2.77. The molecule has 0 spiro atoms. The van der Waals surface area contributed by atoms with Crippen LogP contribution in [-0.2, 0) is 11.3 Å². The second-order valence-corrected chi connectivity index (χ2v) is 8.31. The fraction of sp³-hybridized carbons (Fsp3) is 0.333. The third-order valence-electron chi connectivity index (χ3n) is 4.81. The number of thiazole rings is 1. The van der Waals surface area contributed by atoms with Crippen LogP contribution >= 0.6 is 11.3 Å². The molecule has 3 heterocycles. The summed E-state index contributed by atoms with van der Waals surface area (Å²) in [5, 5.41) is 15.8. The van der Waals surface area contributed by atoms with E-state index in [2.05, 4.69) is 39.4 Å². The third-order valence-corrected chi connectivity index (χ3v) is 5.83. The number of aryl methyl sites for hydroxylation is 1. The molecule has 176 valence electrons. The SMILES string of the molecule is Cc1ccccc1-c1ncc(Cn2ncc(N3CCNCC3)cc2=O)s1.O=C(O)C(F)(F)F. The number of carbonyl (C=O) groups is 1. The van der Waals surface area contributed by atoms with E-state index in [0.717, 1.165) is 47.3 Å². The number of carboxylic acids is 1. The fourth-order valence-electron chi connectivity index (χ4n) is 3.10. The van der Waals surface area contributed by atoms with Gasteiger partial charge in [-0.3, -0.25) is 4.79 Å². The maximum atomic E-state index is 12.5. The molecule has 0 atom stereocenters. The number of anilines is 1. The molecule has 1 fully saturated rings. The highest BCUT2D eigenvalue weighted by Gasteiger charge is 2.38. The van der Waals surface area contributed by atoms with E-state index in [0.29, 0.717) is 6.54 Å². The average Bonchev–Trinajstić information content (AvgIpc) is 3.24. The Hall–Kier alpha value is -3.25. The van der Waals surface area contributed by atoms with Crippen LogP contribution in [0.15, 0.2) is 47.5 Å². The van der Waals surface area contributed by atoms with Crippen LogP contribution in [0.3, 0.4) is 0 Å². The molecule has 1 aliphatic heterocycles. The van der Waals surface area contributed by atoms with Gasteiger partial charge < -0.3 is 15.3 Å². The average molecular weight is 482 g/mol. The highest BCUT2D eigenvalue weighted by Crippen LogP contribution is 2.27. The molecule has 4 rings (SSSR count). The second kappa shape index (κ2) is 10.6. The lowest BCUT2D eigenvalue weighted by atomic mass is 10.1. The van der Waals surface area contributed by atoms with E-state index in [1.807, 2.05) is 18.3 Å². The normalized spacial score (nSPS) is 13.9. The maximum absolute atomic E-state index is 12.5. The Morgan fingerprint density at radius 1 is 1.21 bits per heavy atom. The minimum absolute atomic E-state index is 0.0770. The lowest BCUT2D eigenvalue weighted by Crippen LogP contribution is -2.44. The summed E-state index contributed by atoms with van der Waals surface area (Å²) in [6.07, 6.45) is -1.46. The number of aliphatic carboxylic acids is 1. The molecule has 0 aliphatic carbocycles. The van der Waals surface area contributed by atoms with Crippen LogP contribution in [0.2, 0.25) is 0 Å². The Morgan fingerprint density at radius 2 is 1.88 bits per heavy atom. The van der Waals surface area contributed by atoms with Gasteiger partial charge in [-0.2, -0.15) is 18.3 Å². The van der Waals surface area contributed by atoms with Crippen molar-refractivity contribution in [3.8, 4) is 10.6 Å². The first-order valence-corrected chi connectivity index (χ1v) is 10.8. The maximum Gasteiger partial charge on any atom is 0.490 e. The van der Waals surface area contributed by atoms with Gasteiger partial charge in [0.1, 0.15) is 5.01 Å². The molecule has 1 aromatic carbocycles. The lowest BCUT2D eigenvalue weighted by Gasteiger charge is -2.28. The summed E-state index contributed by atoms with van der Waals surface area (Å²) < 4.78 is 33.2. The van der Waals surface area contributed by atoms with Gasteiger partial charge in [-0.15, -0.1) is 11.3 Å². The molecule has 0 bridgehead atoms. The first-order valence-electron chi connectivity index (χ1n) is 9.99. The number of benzene rings is 1. The van der Waals surface area contributed by atoms with Crippen LogP contribution in [0, 0.1) is 6.92 Å². The molecule has 0 amide bonds. The monoisotopic (exact) mass is 481 g/mol. The zero-order valence-electron chi connectivity index (χ0n) is 17.7. The third kappa shape index (κ3) is 6.62. The van der Waals surface area contributed by atoms with Crippen molar-refractivity contribution in [3.05, 3.63) is 63.5 Å². The summed E-state index contributed by atoms with van der Waals surface area (Å²) >= 11 is 1.61. The number of aromatic nitrogens is 3. The van der Waals surface area contributed by atoms with E-state index in [1.54, 1.807) is 23.6 Å². The molecule has 2 N–H and O–H groups in total. The number of alkyl halides is 3. The fourth-order valence-corrected chi connectivity index (χ4v) is 4.09. The number of carboxylic acid groups (broad SMARTS) is 1. The van der Waals surface area contributed by atoms with Crippen molar-refractivity contribution in [1.29, 1.82) is 0 Å². The molecule has 1 aliphatic rings. The zero-order chi connectivity index (χ0) is 24.0. The Labute approximate surface area is 191 Å². The highest BCUT2D eigenvalue weighted by molar-refractivity contribution is 7.15. The van der Waals surface area contributed by atoms with Gasteiger partial charge in [0.2, 0.25) is 0 Å². The summed E-state index contributed by atoms with van der Waals surface area (Å²) in [5.74, 6) is -2.76. The molecule has 0 unspecified atom stereocenters. The van der Waals surface area contributed by atoms with Gasteiger partial charge in [0.15, 0.2) is 0 Å². The van der Waals surface area contributed by atoms with E-state index in [1.165, 1.54) is 10.2 Å². The van der Waals surface area contributed by atoms with Crippen molar-refractivity contribution in [1.82, 2.24) is 20.1 Å². The van der Waals surface area contributed by atoms with Crippen LogP contribution in [0.25, 0.3) is 10.6 Å². The summed E-state index contributed by atoms with van der Waals surface area (Å²) in [6, 6.07) is 9.88. The largest absolute Gasteiger partial charge is 0.490 e. The van der Waals surface area contributed by atoms with Crippen LogP contribution in [-0.4, -0.2) is 58.2 Å². The highest BCUT2D eigenvalue weighted by atomic mass is 32.1. The lowest BCUT2D eigenvalue weighted by molar-refractivity contribution is -0.192. The second-order valence-electron chi connectivity index (χ2n) is 7.20. The predicted molar refractivity (Wildman–Crippen MR) is 119 cm³/mol. The van der Waals surface area contributed by atoms with E-state index in [9.17, 15) is 18.0 Å². The molecule has 8 nitrogen and oxygen atoms in total. The van der Waals surface area contributed by atoms with Crippen molar-refractivity contribution in [2.45, 2.75) is 19.6 Å². The molecular weight excluding hydrogens is 459 g/mol. The van der Waals surface area contributed by atoms with E-state index in [-0.39, 0.29) is 5.56 Å². The Kier molecular flexibility index (Phi) is 7.82. The number of hydrogen-bond donors (Lipinski definition) is 2. The van der Waals surface area contributed by atoms with E-state index < -0.39 is 12.1 Å². The summed E-state index contributed by atoms with van der Waals surface area (Å²) in [4.78, 5) is 29.1. The minimum atomic E-state index is -5.08. The van der Waals surface area contributed by atoms with Gasteiger partial charge in [-0.25, -0.2) is 14.5 Å². The first kappa shape index (κ1) is 24.4. The molecule has 0 radical (unpaired) electrons. The van der Waals surface area contributed by atoms with Gasteiger partial charge >= 0.3 is 12.1 Å². The number of nitrogens with zero attached hydrogens (tertiary/aromatic N) is 4. The van der Waals surface area contributed by atoms with Gasteiger partial charge in [0.25, 0.3) is 5.56 Å². The Bertz CT molecular complexity index is 1160. The molecular formula is C21H22F3N5O3S. The number of piperazine rings is 1. The molecule has 3 aromatic rings. The molecule has 1 saturated heterocycles. The first-order chi connectivity index (χ1) is 15.6. The summed E-state index contributed by atoms with van der Waals surface area (Å²) in [5.41, 5.74) is 3.16. The van der Waals surface area contributed by atoms with E-state index >= 15 is 0 Å². The molecule has 12 heteroatoms. The Morgan fingerprint density at radius 3 is 2.48 bits per heavy atom. The van der Waals surface area contributed by atoms with Crippen molar-refractivity contribution in [2.75, 3.05) is 31.1 Å². The van der Waals surface area contributed by atoms with Gasteiger partial charge in [0.05, 0.1) is 18.4 Å². The number of rotatable bonds is 4. The summed E-state index contributed by atoms with van der Waals surface area (Å²) in [6.45, 7) is 6.21. The van der Waals surface area contributed by atoms with Crippen molar-refractivity contribution in [3.63, 3.8) is 0 Å². The van der Waals surface area contributed by atoms with Crippen LogP contribution in [0.5, 0.6) is 0 Å². The van der Waals surface area contributed by atoms with Crippen LogP contribution in [0.1, 0.15) is 10.4 Å². The summed E-state index contributed by atoms with van der Waals surface area (Å²) in [7, 11) is 0. The zero-order valence-corrected chi connectivity index (χ0v) is 18.5. The Balaban J connectivity index is 0.000000383. The molecule has 2 aromatic heterocycles. The number of nitrogens with one attached hydrogen (secondary N) is 1. The minimum Gasteiger partial charge on any atom is -0.475 e. The smallest absolute Gasteiger partial charge is 0.475 e. The van der Waals surface area contributed by atoms with Gasteiger partial charge in [-0.1, -0.05) is 24.3 Å². The van der Waals surface area contributed by atoms with E-state index in [4.69, 9.17) is 9.90 Å².